The number of pyridine rings is 1. The van der Waals surface area contributed by atoms with Gasteiger partial charge in [-0.05, 0) is 80.7 Å². The zero-order valence-corrected chi connectivity index (χ0v) is 23.7. The molecule has 0 aliphatic carbocycles. The standard InChI is InChI=1S/C31H40N6O2/c1-7-23(6)37-18-21(4)29-25(30(38)34-17-26-20(3)14-22(5)35-31(26)39)15-24(16-27(29)37)19(2)8-9-28(32)36-12-10-33-11-13-36/h8-9,14-16,18,23,32-33H,2,7,10-13,17H2,1,3-6H3,(H,34,38)(H,35,39)/b9-8-,32-28?/t23-/m0/s1. The molecule has 0 unspecified atom stereocenters. The molecular weight excluding hydrogens is 488 g/mol. The molecule has 0 spiro atoms. The fraction of sp³-hybridized carbons (Fsp3) is 0.387. The molecule has 1 fully saturated rings. The molecule has 4 N–H and O–H groups in total. The van der Waals surface area contributed by atoms with Crippen LogP contribution in [0, 0.1) is 26.2 Å². The minimum Gasteiger partial charge on any atom is -0.355 e. The lowest BCUT2D eigenvalue weighted by atomic mass is 9.98. The summed E-state index contributed by atoms with van der Waals surface area (Å²) < 4.78 is 2.22. The molecule has 1 saturated heterocycles. The number of H-pyrrole nitrogens is 1. The lowest BCUT2D eigenvalue weighted by Gasteiger charge is -2.28. The van der Waals surface area contributed by atoms with E-state index in [4.69, 9.17) is 5.41 Å². The van der Waals surface area contributed by atoms with Crippen LogP contribution < -0.4 is 16.2 Å². The SMILES string of the molecule is C=C(/C=C\C(=N)N1CCNCC1)c1cc(C(=O)NCc2c(C)cc(C)[nH]c2=O)c2c(C)cn([C@@H](C)CC)c2c1. The number of amides is 1. The maximum absolute atomic E-state index is 13.6. The molecule has 8 heteroatoms. The summed E-state index contributed by atoms with van der Waals surface area (Å²) in [7, 11) is 0. The van der Waals surface area contributed by atoms with Gasteiger partial charge < -0.3 is 25.1 Å². The van der Waals surface area contributed by atoms with Gasteiger partial charge in [0.1, 0.15) is 5.84 Å². The predicted octanol–water partition coefficient (Wildman–Crippen LogP) is 4.61. The van der Waals surface area contributed by atoms with Gasteiger partial charge in [0.15, 0.2) is 0 Å². The number of aryl methyl sites for hydroxylation is 3. The highest BCUT2D eigenvalue weighted by molar-refractivity contribution is 6.09. The van der Waals surface area contributed by atoms with Gasteiger partial charge in [0.25, 0.3) is 11.5 Å². The number of amidine groups is 1. The number of fused-ring (bicyclic) bond motifs is 1. The predicted molar refractivity (Wildman–Crippen MR) is 160 cm³/mol. The Morgan fingerprint density at radius 3 is 2.54 bits per heavy atom. The Hall–Kier alpha value is -3.91. The number of hydrogen-bond acceptors (Lipinski definition) is 4. The van der Waals surface area contributed by atoms with E-state index in [0.29, 0.717) is 17.0 Å². The van der Waals surface area contributed by atoms with E-state index in [2.05, 4.69) is 52.9 Å². The summed E-state index contributed by atoms with van der Waals surface area (Å²) in [5, 5.41) is 15.6. The van der Waals surface area contributed by atoms with Crippen molar-refractivity contribution in [3.8, 4) is 0 Å². The van der Waals surface area contributed by atoms with Crippen molar-refractivity contribution in [3.63, 3.8) is 0 Å². The molecule has 1 aliphatic rings. The van der Waals surface area contributed by atoms with Gasteiger partial charge in [-0.3, -0.25) is 15.0 Å². The lowest BCUT2D eigenvalue weighted by Crippen LogP contribution is -2.45. The summed E-state index contributed by atoms with van der Waals surface area (Å²) in [6.07, 6.45) is 6.69. The summed E-state index contributed by atoms with van der Waals surface area (Å²) in [4.78, 5) is 31.0. The van der Waals surface area contributed by atoms with Gasteiger partial charge in [-0.1, -0.05) is 19.6 Å². The molecule has 2 aromatic heterocycles. The van der Waals surface area contributed by atoms with Gasteiger partial charge in [0.2, 0.25) is 0 Å². The molecule has 1 atom stereocenters. The number of aromatic amines is 1. The normalized spacial score (nSPS) is 14.6. The monoisotopic (exact) mass is 528 g/mol. The van der Waals surface area contributed by atoms with Crippen LogP contribution in [0.2, 0.25) is 0 Å². The van der Waals surface area contributed by atoms with Crippen LogP contribution >= 0.6 is 0 Å². The number of carbonyl (C=O) groups excluding carboxylic acids is 1. The molecule has 3 aromatic rings. The Kier molecular flexibility index (Phi) is 8.55. The molecule has 1 aromatic carbocycles. The van der Waals surface area contributed by atoms with Crippen LogP contribution in [-0.2, 0) is 6.54 Å². The molecule has 1 amide bonds. The highest BCUT2D eigenvalue weighted by atomic mass is 16.1. The van der Waals surface area contributed by atoms with Crippen molar-refractivity contribution >= 4 is 28.2 Å². The molecular formula is C31H40N6O2. The van der Waals surface area contributed by atoms with Crippen molar-refractivity contribution in [1.82, 2.24) is 25.1 Å². The first kappa shape index (κ1) is 28.1. The van der Waals surface area contributed by atoms with Crippen molar-refractivity contribution in [2.45, 2.75) is 53.6 Å². The number of allylic oxidation sites excluding steroid dienone is 2. The van der Waals surface area contributed by atoms with E-state index in [-0.39, 0.29) is 24.1 Å². The first-order valence-electron chi connectivity index (χ1n) is 13.6. The highest BCUT2D eigenvalue weighted by Gasteiger charge is 2.20. The van der Waals surface area contributed by atoms with Crippen LogP contribution in [0.15, 0.2) is 47.9 Å². The number of hydrogen-bond donors (Lipinski definition) is 4. The third-order valence-corrected chi connectivity index (χ3v) is 7.62. The topological polar surface area (TPSA) is 106 Å². The van der Waals surface area contributed by atoms with E-state index in [1.807, 2.05) is 43.9 Å². The average Bonchev–Trinajstić information content (AvgIpc) is 3.26. The van der Waals surface area contributed by atoms with E-state index in [1.54, 1.807) is 6.08 Å². The van der Waals surface area contributed by atoms with Crippen molar-refractivity contribution in [1.29, 1.82) is 5.41 Å². The van der Waals surface area contributed by atoms with E-state index < -0.39 is 0 Å². The summed E-state index contributed by atoms with van der Waals surface area (Å²) in [6.45, 7) is 17.8. The van der Waals surface area contributed by atoms with E-state index >= 15 is 0 Å². The number of piperazine rings is 1. The molecule has 0 bridgehead atoms. The van der Waals surface area contributed by atoms with Crippen molar-refractivity contribution in [2.75, 3.05) is 26.2 Å². The first-order valence-corrected chi connectivity index (χ1v) is 13.6. The Bertz CT molecular complexity index is 1500. The number of carbonyl (C=O) groups is 1. The first-order chi connectivity index (χ1) is 18.6. The van der Waals surface area contributed by atoms with E-state index in [9.17, 15) is 9.59 Å². The van der Waals surface area contributed by atoms with Gasteiger partial charge in [-0.25, -0.2) is 0 Å². The van der Waals surface area contributed by atoms with Gasteiger partial charge in [-0.2, -0.15) is 0 Å². The van der Waals surface area contributed by atoms with Crippen LogP contribution in [-0.4, -0.2) is 52.4 Å². The third kappa shape index (κ3) is 6.06. The zero-order chi connectivity index (χ0) is 28.3. The molecule has 1 aliphatic heterocycles. The molecule has 206 valence electrons. The Morgan fingerprint density at radius 2 is 1.87 bits per heavy atom. The number of nitrogens with one attached hydrogen (secondary N) is 4. The minimum absolute atomic E-state index is 0.139. The zero-order valence-electron chi connectivity index (χ0n) is 23.7. The second kappa shape index (κ2) is 11.9. The third-order valence-electron chi connectivity index (χ3n) is 7.62. The van der Waals surface area contributed by atoms with Gasteiger partial charge in [-0.15, -0.1) is 0 Å². The van der Waals surface area contributed by atoms with Gasteiger partial charge in [0.05, 0.1) is 0 Å². The Labute approximate surface area is 230 Å². The summed E-state index contributed by atoms with van der Waals surface area (Å²) >= 11 is 0. The number of benzene rings is 1. The maximum Gasteiger partial charge on any atom is 0.253 e. The fourth-order valence-electron chi connectivity index (χ4n) is 5.17. The lowest BCUT2D eigenvalue weighted by molar-refractivity contribution is 0.0952. The second-order valence-electron chi connectivity index (χ2n) is 10.5. The molecule has 4 rings (SSSR count). The molecule has 3 heterocycles. The summed E-state index contributed by atoms with van der Waals surface area (Å²) in [5.74, 6) is 0.214. The van der Waals surface area contributed by atoms with Gasteiger partial charge >= 0.3 is 0 Å². The van der Waals surface area contributed by atoms with Crippen LogP contribution in [0.3, 0.4) is 0 Å². The van der Waals surface area contributed by atoms with Crippen LogP contribution in [0.5, 0.6) is 0 Å². The summed E-state index contributed by atoms with van der Waals surface area (Å²) in [6, 6.07) is 6.12. The smallest absolute Gasteiger partial charge is 0.253 e. The van der Waals surface area contributed by atoms with Crippen molar-refractivity contribution < 1.29 is 4.79 Å². The largest absolute Gasteiger partial charge is 0.355 e. The van der Waals surface area contributed by atoms with Crippen molar-refractivity contribution in [3.05, 3.63) is 87.0 Å². The maximum atomic E-state index is 13.6. The summed E-state index contributed by atoms with van der Waals surface area (Å²) in [5.41, 5.74) is 6.10. The highest BCUT2D eigenvalue weighted by Crippen LogP contribution is 2.32. The average molecular weight is 529 g/mol. The van der Waals surface area contributed by atoms with Crippen molar-refractivity contribution in [2.24, 2.45) is 0 Å². The van der Waals surface area contributed by atoms with Crippen LogP contribution in [0.25, 0.3) is 16.5 Å². The second-order valence-corrected chi connectivity index (χ2v) is 10.5. The number of rotatable bonds is 8. The van der Waals surface area contributed by atoms with E-state index in [0.717, 1.165) is 71.5 Å². The Balaban J connectivity index is 1.70. The fourth-order valence-corrected chi connectivity index (χ4v) is 5.17. The number of aromatic nitrogens is 2. The van der Waals surface area contributed by atoms with E-state index in [1.165, 1.54) is 0 Å². The number of nitrogens with zero attached hydrogens (tertiary/aromatic N) is 2. The molecule has 0 radical (unpaired) electrons. The van der Waals surface area contributed by atoms with Gasteiger partial charge in [0, 0.05) is 72.7 Å². The van der Waals surface area contributed by atoms with Crippen LogP contribution in [0.1, 0.15) is 64.6 Å². The quantitative estimate of drug-likeness (QED) is 0.195. The molecule has 39 heavy (non-hydrogen) atoms. The Morgan fingerprint density at radius 1 is 1.15 bits per heavy atom. The minimum atomic E-state index is -0.239. The molecule has 8 nitrogen and oxygen atoms in total. The molecule has 0 saturated carbocycles. The van der Waals surface area contributed by atoms with Crippen LogP contribution in [0.4, 0.5) is 0 Å².